The molecule has 1 aliphatic heterocycles. The molecule has 2 unspecified atom stereocenters. The first-order chi connectivity index (χ1) is 29.5. The molecule has 11 rings (SSSR count). The minimum Gasteiger partial charge on any atom is -0.355 e. The number of fused-ring (bicyclic) bond motifs is 7. The number of aromatic nitrogens is 1. The number of anilines is 2. The molecule has 0 amide bonds. The number of allylic oxidation sites excluding steroid dienone is 2. The van der Waals surface area contributed by atoms with E-state index in [2.05, 4.69) is 224 Å². The fourth-order valence-corrected chi connectivity index (χ4v) is 11.4. The first kappa shape index (κ1) is 36.4. The minimum atomic E-state index is 0.197. The quantitative estimate of drug-likeness (QED) is 0.165. The third-order valence-electron chi connectivity index (χ3n) is 12.3. The van der Waals surface area contributed by atoms with Crippen LogP contribution >= 0.6 is 22.7 Å². The molecule has 60 heavy (non-hydrogen) atoms. The summed E-state index contributed by atoms with van der Waals surface area (Å²) in [5.41, 5.74) is 10.6. The molecule has 5 heteroatoms. The largest absolute Gasteiger partial charge is 0.355 e. The summed E-state index contributed by atoms with van der Waals surface area (Å²) in [5, 5.41) is 10.3. The number of rotatable bonds is 8. The van der Waals surface area contributed by atoms with E-state index in [1.165, 1.54) is 85.0 Å². The maximum atomic E-state index is 3.82. The summed E-state index contributed by atoms with van der Waals surface area (Å²) >= 11 is 3.74. The van der Waals surface area contributed by atoms with Crippen LogP contribution in [0.15, 0.2) is 182 Å². The SMILES string of the molecule is Cc1c(/C=C\C(C)C2C=CC=C(n3c4ccccc4c4ccc(-c5ccccc5Nc5cccc(-c6ccc7sc8ccccc8c7c6)c5)cc43)N2C)sc2ccccc12. The normalized spacial score (nSPS) is 14.9. The predicted octanol–water partition coefficient (Wildman–Crippen LogP) is 15.8. The molecule has 0 saturated heterocycles. The van der Waals surface area contributed by atoms with E-state index in [4.69, 9.17) is 0 Å². The van der Waals surface area contributed by atoms with Gasteiger partial charge < -0.3 is 10.2 Å². The molecule has 0 saturated carbocycles. The molecule has 1 aliphatic rings. The molecule has 0 fully saturated rings. The Bertz CT molecular complexity index is 3370. The Hall–Kier alpha value is -6.66. The third kappa shape index (κ3) is 6.24. The molecule has 0 radical (unpaired) electrons. The first-order valence-corrected chi connectivity index (χ1v) is 22.3. The predicted molar refractivity (Wildman–Crippen MR) is 263 cm³/mol. The number of aryl methyl sites for hydroxylation is 1. The second-order valence-electron chi connectivity index (χ2n) is 16.0. The van der Waals surface area contributed by atoms with Crippen molar-refractivity contribution in [2.45, 2.75) is 19.9 Å². The zero-order valence-electron chi connectivity index (χ0n) is 33.8. The van der Waals surface area contributed by atoms with E-state index in [-0.39, 0.29) is 12.0 Å². The van der Waals surface area contributed by atoms with Crippen molar-refractivity contribution in [3.05, 3.63) is 192 Å². The number of hydrogen-bond donors (Lipinski definition) is 1. The second kappa shape index (κ2) is 14.9. The van der Waals surface area contributed by atoms with Gasteiger partial charge in [-0.3, -0.25) is 4.57 Å². The van der Waals surface area contributed by atoms with Crippen LogP contribution in [0.25, 0.3) is 86.2 Å². The molecule has 2 atom stereocenters. The van der Waals surface area contributed by atoms with E-state index in [9.17, 15) is 0 Å². The van der Waals surface area contributed by atoms with Crippen LogP contribution in [0.5, 0.6) is 0 Å². The highest BCUT2D eigenvalue weighted by Gasteiger charge is 2.25. The number of benzene rings is 7. The van der Waals surface area contributed by atoms with Gasteiger partial charge in [0.1, 0.15) is 5.82 Å². The van der Waals surface area contributed by atoms with Crippen LogP contribution in [0, 0.1) is 12.8 Å². The Morgan fingerprint density at radius 1 is 0.600 bits per heavy atom. The van der Waals surface area contributed by atoms with Crippen LogP contribution in [0.1, 0.15) is 17.4 Å². The lowest BCUT2D eigenvalue weighted by Crippen LogP contribution is -2.36. The van der Waals surface area contributed by atoms with E-state index in [1.807, 2.05) is 22.7 Å². The molecule has 3 aromatic heterocycles. The number of nitrogens with zero attached hydrogens (tertiary/aromatic N) is 2. The number of hydrogen-bond acceptors (Lipinski definition) is 4. The molecule has 0 bridgehead atoms. The minimum absolute atomic E-state index is 0.197. The van der Waals surface area contributed by atoms with Gasteiger partial charge in [-0.05, 0) is 107 Å². The van der Waals surface area contributed by atoms with Crippen LogP contribution in [0.3, 0.4) is 0 Å². The van der Waals surface area contributed by atoms with Crippen molar-refractivity contribution in [3.63, 3.8) is 0 Å². The lowest BCUT2D eigenvalue weighted by molar-refractivity contribution is 0.333. The highest BCUT2D eigenvalue weighted by Crippen LogP contribution is 2.41. The van der Waals surface area contributed by atoms with Crippen molar-refractivity contribution in [2.75, 3.05) is 12.4 Å². The van der Waals surface area contributed by atoms with E-state index < -0.39 is 0 Å². The molecule has 1 N–H and O–H groups in total. The van der Waals surface area contributed by atoms with Gasteiger partial charge >= 0.3 is 0 Å². The summed E-state index contributed by atoms with van der Waals surface area (Å²) in [4.78, 5) is 3.79. The lowest BCUT2D eigenvalue weighted by Gasteiger charge is -2.36. The third-order valence-corrected chi connectivity index (χ3v) is 14.7. The van der Waals surface area contributed by atoms with Gasteiger partial charge in [0, 0.05) is 64.5 Å². The van der Waals surface area contributed by atoms with Crippen LogP contribution in [0.4, 0.5) is 11.4 Å². The Balaban J connectivity index is 0.924. The van der Waals surface area contributed by atoms with Crippen molar-refractivity contribution in [1.29, 1.82) is 0 Å². The Morgan fingerprint density at radius 2 is 1.30 bits per heavy atom. The van der Waals surface area contributed by atoms with Gasteiger partial charge in [0.2, 0.25) is 0 Å². The highest BCUT2D eigenvalue weighted by molar-refractivity contribution is 7.25. The molecule has 7 aromatic carbocycles. The molecule has 3 nitrogen and oxygen atoms in total. The number of likely N-dealkylation sites (N-methyl/N-ethyl adjacent to an activating group) is 1. The lowest BCUT2D eigenvalue weighted by atomic mass is 9.97. The standard InChI is InChI=1S/C55H43N3S2/c1-35(26-30-51-36(2)41-16-6-10-23-52(41)59-51)48-22-13-25-55(57(48)3)58-49-21-9-5-18-43(49)44-29-27-39(34-50(44)58)42-17-4-8-20-47(42)56-40-15-12-14-37(32-40)38-28-31-54-46(33-38)45-19-7-11-24-53(45)60-54/h4-35,48,56H,1-3H3/b30-26-. The maximum Gasteiger partial charge on any atom is 0.113 e. The summed E-state index contributed by atoms with van der Waals surface area (Å²) in [6.07, 6.45) is 11.6. The summed E-state index contributed by atoms with van der Waals surface area (Å²) in [6, 6.07) is 57.7. The highest BCUT2D eigenvalue weighted by atomic mass is 32.1. The Morgan fingerprint density at radius 3 is 2.17 bits per heavy atom. The average molecular weight is 810 g/mol. The molecule has 0 aliphatic carbocycles. The van der Waals surface area contributed by atoms with Crippen LogP contribution in [0.2, 0.25) is 0 Å². The van der Waals surface area contributed by atoms with Gasteiger partial charge in [-0.15, -0.1) is 22.7 Å². The van der Waals surface area contributed by atoms with E-state index >= 15 is 0 Å². The molecule has 10 aromatic rings. The number of thiophene rings is 2. The molecule has 290 valence electrons. The smallest absolute Gasteiger partial charge is 0.113 e. The van der Waals surface area contributed by atoms with E-state index in [0.29, 0.717) is 0 Å². The van der Waals surface area contributed by atoms with E-state index in [1.54, 1.807) is 0 Å². The fourth-order valence-electron chi connectivity index (χ4n) is 9.19. The zero-order chi connectivity index (χ0) is 40.3. The van der Waals surface area contributed by atoms with Gasteiger partial charge in [0.05, 0.1) is 17.1 Å². The van der Waals surface area contributed by atoms with Gasteiger partial charge in [0.15, 0.2) is 0 Å². The van der Waals surface area contributed by atoms with Crippen molar-refractivity contribution in [1.82, 2.24) is 9.47 Å². The second-order valence-corrected chi connectivity index (χ2v) is 18.1. The molecular weight excluding hydrogens is 767 g/mol. The average Bonchev–Trinajstić information content (AvgIpc) is 3.94. The van der Waals surface area contributed by atoms with Crippen molar-refractivity contribution < 1.29 is 0 Å². The van der Waals surface area contributed by atoms with Crippen molar-refractivity contribution >= 4 is 98.0 Å². The number of nitrogens with one attached hydrogen (secondary N) is 1. The fraction of sp³-hybridized carbons (Fsp3) is 0.0909. The summed E-state index contributed by atoms with van der Waals surface area (Å²) in [5.74, 6) is 1.46. The zero-order valence-corrected chi connectivity index (χ0v) is 35.4. The molecule has 4 heterocycles. The first-order valence-electron chi connectivity index (χ1n) is 20.7. The van der Waals surface area contributed by atoms with Crippen molar-refractivity contribution in [3.8, 4) is 22.3 Å². The van der Waals surface area contributed by atoms with Gasteiger partial charge in [-0.1, -0.05) is 128 Å². The van der Waals surface area contributed by atoms with Crippen molar-refractivity contribution in [2.24, 2.45) is 5.92 Å². The molecule has 0 spiro atoms. The Labute approximate surface area is 358 Å². The van der Waals surface area contributed by atoms with Crippen LogP contribution in [-0.2, 0) is 0 Å². The maximum absolute atomic E-state index is 3.82. The summed E-state index contributed by atoms with van der Waals surface area (Å²) in [7, 11) is 2.24. The monoisotopic (exact) mass is 809 g/mol. The van der Waals surface area contributed by atoms with Crippen LogP contribution < -0.4 is 5.32 Å². The Kier molecular flexibility index (Phi) is 9.02. The van der Waals surface area contributed by atoms with Gasteiger partial charge in [-0.25, -0.2) is 0 Å². The number of para-hydroxylation sites is 2. The van der Waals surface area contributed by atoms with Crippen LogP contribution in [-0.4, -0.2) is 22.6 Å². The summed E-state index contributed by atoms with van der Waals surface area (Å²) < 4.78 is 6.46. The van der Waals surface area contributed by atoms with E-state index in [0.717, 1.165) is 16.9 Å². The topological polar surface area (TPSA) is 20.2 Å². The van der Waals surface area contributed by atoms with Gasteiger partial charge in [-0.2, -0.15) is 0 Å². The molecular formula is C55H43N3S2. The van der Waals surface area contributed by atoms with Gasteiger partial charge in [0.25, 0.3) is 0 Å². The summed E-state index contributed by atoms with van der Waals surface area (Å²) in [6.45, 7) is 4.58.